The minimum absolute atomic E-state index is 0.540. The maximum absolute atomic E-state index is 6.14. The van der Waals surface area contributed by atoms with E-state index in [0.717, 1.165) is 29.0 Å². The predicted octanol–water partition coefficient (Wildman–Crippen LogP) is 6.76. The van der Waals surface area contributed by atoms with Gasteiger partial charge in [0.25, 0.3) is 0 Å². The van der Waals surface area contributed by atoms with Crippen molar-refractivity contribution in [1.29, 1.82) is 0 Å². The molecule has 0 heterocycles. The molecular weight excluding hydrogens is 444 g/mol. The molecule has 0 aliphatic carbocycles. The number of thiocarbonyl (C=S) groups is 2. The molecule has 0 bridgehead atoms. The van der Waals surface area contributed by atoms with Gasteiger partial charge in [-0.1, -0.05) is 49.7 Å². The van der Waals surface area contributed by atoms with Crippen molar-refractivity contribution in [2.24, 2.45) is 0 Å². The molecular formula is C21H32O4S4. The molecule has 8 heteroatoms. The van der Waals surface area contributed by atoms with Crippen molar-refractivity contribution < 1.29 is 18.9 Å². The number of benzene rings is 1. The number of ether oxygens (including phenoxy) is 4. The fourth-order valence-electron chi connectivity index (χ4n) is 2.50. The Hall–Kier alpha value is -0.700. The third-order valence-electron chi connectivity index (χ3n) is 3.93. The smallest absolute Gasteiger partial charge is 0.220 e. The van der Waals surface area contributed by atoms with Crippen LogP contribution in [0.25, 0.3) is 0 Å². The molecule has 1 rings (SSSR count). The molecule has 0 aliphatic heterocycles. The maximum atomic E-state index is 6.14. The van der Waals surface area contributed by atoms with E-state index < -0.39 is 0 Å². The van der Waals surface area contributed by atoms with Gasteiger partial charge in [0.1, 0.15) is 11.5 Å². The summed E-state index contributed by atoms with van der Waals surface area (Å²) in [6.45, 7) is 7.91. The highest BCUT2D eigenvalue weighted by molar-refractivity contribution is 8.22. The molecule has 0 aliphatic rings. The zero-order valence-electron chi connectivity index (χ0n) is 17.8. The first-order valence-electron chi connectivity index (χ1n) is 9.97. The first-order valence-corrected chi connectivity index (χ1v) is 12.8. The summed E-state index contributed by atoms with van der Waals surface area (Å²) in [6, 6.07) is 4.09. The molecule has 29 heavy (non-hydrogen) atoms. The van der Waals surface area contributed by atoms with E-state index in [9.17, 15) is 0 Å². The topological polar surface area (TPSA) is 36.9 Å². The van der Waals surface area contributed by atoms with Crippen molar-refractivity contribution in [3.05, 3.63) is 23.3 Å². The van der Waals surface area contributed by atoms with E-state index in [1.807, 2.05) is 19.9 Å². The molecule has 0 atom stereocenters. The number of hydrogen-bond acceptors (Lipinski definition) is 8. The van der Waals surface area contributed by atoms with E-state index in [1.165, 1.54) is 42.8 Å². The molecule has 164 valence electrons. The van der Waals surface area contributed by atoms with Gasteiger partial charge in [0, 0.05) is 22.6 Å². The van der Waals surface area contributed by atoms with Crippen LogP contribution in [0.1, 0.15) is 57.6 Å². The van der Waals surface area contributed by atoms with Gasteiger partial charge in [0.15, 0.2) is 0 Å². The molecule has 0 fully saturated rings. The lowest BCUT2D eigenvalue weighted by molar-refractivity contribution is 0.302. The number of thioether (sulfide) groups is 2. The van der Waals surface area contributed by atoms with Crippen molar-refractivity contribution in [2.45, 2.75) is 58.0 Å². The van der Waals surface area contributed by atoms with Crippen molar-refractivity contribution in [2.75, 3.05) is 26.9 Å². The lowest BCUT2D eigenvalue weighted by Gasteiger charge is -2.17. The summed E-state index contributed by atoms with van der Waals surface area (Å²) in [6.07, 6.45) is 4.66. The van der Waals surface area contributed by atoms with E-state index in [2.05, 4.69) is 13.0 Å². The number of hydrogen-bond donors (Lipinski definition) is 0. The Bertz CT molecular complexity index is 637. The Morgan fingerprint density at radius 3 is 1.90 bits per heavy atom. The van der Waals surface area contributed by atoms with Crippen molar-refractivity contribution in [3.8, 4) is 11.5 Å². The highest BCUT2D eigenvalue weighted by Gasteiger charge is 2.14. The van der Waals surface area contributed by atoms with Crippen LogP contribution in [0.5, 0.6) is 11.5 Å². The van der Waals surface area contributed by atoms with Crippen LogP contribution in [0.4, 0.5) is 0 Å². The molecule has 1 aromatic carbocycles. The zero-order chi connectivity index (χ0) is 21.5. The molecule has 0 radical (unpaired) electrons. The van der Waals surface area contributed by atoms with Crippen LogP contribution in [0, 0.1) is 0 Å². The van der Waals surface area contributed by atoms with Gasteiger partial charge in [-0.15, -0.1) is 0 Å². The van der Waals surface area contributed by atoms with Crippen molar-refractivity contribution >= 4 is 56.7 Å². The SMILES string of the molecule is CCCCCCOc1cc(CSC(=S)OCC)c(OC)cc1CSC(=S)OCC. The lowest BCUT2D eigenvalue weighted by Crippen LogP contribution is -2.04. The highest BCUT2D eigenvalue weighted by Crippen LogP contribution is 2.34. The molecule has 0 saturated heterocycles. The Kier molecular flexibility index (Phi) is 14.6. The monoisotopic (exact) mass is 476 g/mol. The first kappa shape index (κ1) is 26.3. The second-order valence-corrected chi connectivity index (χ2v) is 9.28. The Morgan fingerprint density at radius 1 is 0.828 bits per heavy atom. The first-order chi connectivity index (χ1) is 14.0. The average Bonchev–Trinajstić information content (AvgIpc) is 2.71. The van der Waals surface area contributed by atoms with E-state index in [-0.39, 0.29) is 0 Å². The van der Waals surface area contributed by atoms with Gasteiger partial charge >= 0.3 is 0 Å². The second-order valence-electron chi connectivity index (χ2n) is 6.12. The van der Waals surface area contributed by atoms with Crippen LogP contribution >= 0.6 is 48.0 Å². The van der Waals surface area contributed by atoms with Gasteiger partial charge in [0.05, 0.1) is 26.9 Å². The summed E-state index contributed by atoms with van der Waals surface area (Å²) in [4.78, 5) is 0. The van der Waals surface area contributed by atoms with Gasteiger partial charge in [0.2, 0.25) is 8.77 Å². The number of rotatable bonds is 13. The molecule has 0 spiro atoms. The van der Waals surface area contributed by atoms with Crippen LogP contribution in [0.15, 0.2) is 12.1 Å². The predicted molar refractivity (Wildman–Crippen MR) is 134 cm³/mol. The van der Waals surface area contributed by atoms with Crippen molar-refractivity contribution in [3.63, 3.8) is 0 Å². The quantitative estimate of drug-likeness (QED) is 0.228. The highest BCUT2D eigenvalue weighted by atomic mass is 32.2. The van der Waals surface area contributed by atoms with E-state index in [0.29, 0.717) is 40.1 Å². The summed E-state index contributed by atoms with van der Waals surface area (Å²) in [5.74, 6) is 3.02. The lowest BCUT2D eigenvalue weighted by atomic mass is 10.1. The minimum atomic E-state index is 0.540. The summed E-state index contributed by atoms with van der Waals surface area (Å²) in [5.41, 5.74) is 2.08. The van der Waals surface area contributed by atoms with Gasteiger partial charge in [-0.05, 0) is 56.8 Å². The Balaban J connectivity index is 2.93. The summed E-state index contributed by atoms with van der Waals surface area (Å²) >= 11 is 13.5. The normalized spacial score (nSPS) is 10.5. The van der Waals surface area contributed by atoms with Crippen LogP contribution < -0.4 is 9.47 Å². The fourth-order valence-corrected chi connectivity index (χ4v) is 4.49. The van der Waals surface area contributed by atoms with E-state index >= 15 is 0 Å². The van der Waals surface area contributed by atoms with Crippen molar-refractivity contribution in [1.82, 2.24) is 0 Å². The molecule has 0 N–H and O–H groups in total. The van der Waals surface area contributed by atoms with Crippen LogP contribution in [0.3, 0.4) is 0 Å². The molecule has 0 amide bonds. The Labute approximate surface area is 194 Å². The molecule has 0 saturated carbocycles. The third kappa shape index (κ3) is 10.8. The maximum Gasteiger partial charge on any atom is 0.220 e. The standard InChI is InChI=1S/C21H32O4S4/c1-5-8-9-10-11-25-19-13-16(14-28-20(26)23-6-2)18(22-4)12-17(19)15-29-21(27)24-7-3/h12-13H,5-11,14-15H2,1-4H3. The van der Waals surface area contributed by atoms with Gasteiger partial charge in [-0.25, -0.2) is 0 Å². The average molecular weight is 477 g/mol. The van der Waals surface area contributed by atoms with E-state index in [1.54, 1.807) is 7.11 Å². The molecule has 1 aromatic rings. The van der Waals surface area contributed by atoms with Crippen LogP contribution in [-0.2, 0) is 21.0 Å². The largest absolute Gasteiger partial charge is 0.496 e. The van der Waals surface area contributed by atoms with Gasteiger partial charge in [-0.2, -0.15) is 0 Å². The third-order valence-corrected chi connectivity index (χ3v) is 6.50. The summed E-state index contributed by atoms with van der Waals surface area (Å²) < 4.78 is 23.6. The van der Waals surface area contributed by atoms with Crippen LogP contribution in [0.2, 0.25) is 0 Å². The summed E-state index contributed by atoms with van der Waals surface area (Å²) in [5, 5.41) is 0. The molecule has 0 aromatic heterocycles. The van der Waals surface area contributed by atoms with E-state index in [4.69, 9.17) is 43.4 Å². The minimum Gasteiger partial charge on any atom is -0.496 e. The number of methoxy groups -OCH3 is 1. The Morgan fingerprint density at radius 2 is 1.38 bits per heavy atom. The second kappa shape index (κ2) is 16.1. The molecule has 0 unspecified atom stereocenters. The zero-order valence-corrected chi connectivity index (χ0v) is 21.1. The van der Waals surface area contributed by atoms with Gasteiger partial charge < -0.3 is 18.9 Å². The van der Waals surface area contributed by atoms with Crippen LogP contribution in [-0.4, -0.2) is 35.7 Å². The fraction of sp³-hybridized carbons (Fsp3) is 0.619. The summed E-state index contributed by atoms with van der Waals surface area (Å²) in [7, 11) is 1.68. The number of unbranched alkanes of at least 4 members (excludes halogenated alkanes) is 3. The molecule has 4 nitrogen and oxygen atoms in total. The van der Waals surface area contributed by atoms with Gasteiger partial charge in [-0.3, -0.25) is 0 Å².